The molecule has 3 nitrogen and oxygen atoms in total. The highest BCUT2D eigenvalue weighted by Crippen LogP contribution is 2.30. The lowest BCUT2D eigenvalue weighted by molar-refractivity contribution is 0.101. The van der Waals surface area contributed by atoms with E-state index < -0.39 is 0 Å². The van der Waals surface area contributed by atoms with Crippen molar-refractivity contribution in [3.8, 4) is 11.5 Å². The molecular weight excluding hydrogens is 308 g/mol. The average molecular weight is 321 g/mol. The van der Waals surface area contributed by atoms with Gasteiger partial charge in [-0.2, -0.15) is 0 Å². The van der Waals surface area contributed by atoms with Crippen LogP contribution in [0.3, 0.4) is 0 Å². The van der Waals surface area contributed by atoms with E-state index in [0.717, 1.165) is 10.0 Å². The maximum absolute atomic E-state index is 11.3. The molecular formula is C15H13BrO3. The Hall–Kier alpha value is -1.65. The van der Waals surface area contributed by atoms with Gasteiger partial charge < -0.3 is 9.84 Å². The Bertz CT molecular complexity index is 591. The quantitative estimate of drug-likeness (QED) is 0.868. The van der Waals surface area contributed by atoms with Crippen molar-refractivity contribution in [3.05, 3.63) is 58.1 Å². The van der Waals surface area contributed by atoms with Crippen molar-refractivity contribution in [2.45, 2.75) is 13.5 Å². The number of aliphatic hydroxyl groups excluding tert-OH is 1. The monoisotopic (exact) mass is 320 g/mol. The Morgan fingerprint density at radius 2 is 1.89 bits per heavy atom. The number of carbonyl (C=O) groups is 1. The molecule has 0 fully saturated rings. The third-order valence-corrected chi connectivity index (χ3v) is 3.29. The van der Waals surface area contributed by atoms with Crippen molar-refractivity contribution in [1.29, 1.82) is 0 Å². The normalized spacial score (nSPS) is 10.3. The third kappa shape index (κ3) is 3.43. The zero-order valence-electron chi connectivity index (χ0n) is 10.4. The highest BCUT2D eigenvalue weighted by atomic mass is 79.9. The average Bonchev–Trinajstić information content (AvgIpc) is 2.41. The van der Waals surface area contributed by atoms with Crippen molar-refractivity contribution < 1.29 is 14.6 Å². The lowest BCUT2D eigenvalue weighted by Crippen LogP contribution is -1.93. The second-order valence-electron chi connectivity index (χ2n) is 4.11. The molecule has 1 N–H and O–H groups in total. The first-order valence-electron chi connectivity index (χ1n) is 5.78. The number of hydrogen-bond acceptors (Lipinski definition) is 3. The van der Waals surface area contributed by atoms with Crippen molar-refractivity contribution in [2.24, 2.45) is 0 Å². The molecule has 2 rings (SSSR count). The fourth-order valence-corrected chi connectivity index (χ4v) is 2.05. The van der Waals surface area contributed by atoms with Gasteiger partial charge in [-0.3, -0.25) is 4.79 Å². The van der Waals surface area contributed by atoms with Gasteiger partial charge in [-0.15, -0.1) is 0 Å². The second kappa shape index (κ2) is 5.99. The van der Waals surface area contributed by atoms with Gasteiger partial charge in [0.2, 0.25) is 0 Å². The minimum atomic E-state index is 0.0112. The molecule has 0 radical (unpaired) electrons. The summed E-state index contributed by atoms with van der Waals surface area (Å²) in [5.74, 6) is 1.33. The molecule has 0 aliphatic rings. The molecule has 2 aromatic rings. The van der Waals surface area contributed by atoms with Gasteiger partial charge in [0, 0.05) is 5.56 Å². The smallest absolute Gasteiger partial charge is 0.159 e. The number of ether oxygens (including phenoxy) is 1. The molecule has 0 saturated heterocycles. The van der Waals surface area contributed by atoms with E-state index in [9.17, 15) is 4.79 Å². The number of Topliss-reactive ketones (excluding diaryl/α,β-unsaturated/α-hetero) is 1. The Kier molecular flexibility index (Phi) is 4.35. The molecule has 0 bridgehead atoms. The van der Waals surface area contributed by atoms with E-state index in [4.69, 9.17) is 9.84 Å². The Labute approximate surface area is 120 Å². The molecule has 0 aromatic heterocycles. The number of ketones is 1. The van der Waals surface area contributed by atoms with Crippen LogP contribution in [0.25, 0.3) is 0 Å². The van der Waals surface area contributed by atoms with Crippen molar-refractivity contribution in [3.63, 3.8) is 0 Å². The van der Waals surface area contributed by atoms with Gasteiger partial charge in [0.15, 0.2) is 5.78 Å². The molecule has 0 heterocycles. The summed E-state index contributed by atoms with van der Waals surface area (Å²) in [7, 11) is 0. The van der Waals surface area contributed by atoms with Crippen LogP contribution in [0.15, 0.2) is 46.9 Å². The summed E-state index contributed by atoms with van der Waals surface area (Å²) >= 11 is 3.38. The van der Waals surface area contributed by atoms with E-state index >= 15 is 0 Å². The van der Waals surface area contributed by atoms with Crippen molar-refractivity contribution in [1.82, 2.24) is 0 Å². The van der Waals surface area contributed by atoms with E-state index in [1.54, 1.807) is 42.5 Å². The summed E-state index contributed by atoms with van der Waals surface area (Å²) in [5, 5.41) is 8.96. The number of halogens is 1. The lowest BCUT2D eigenvalue weighted by atomic mass is 10.1. The highest BCUT2D eigenvalue weighted by molar-refractivity contribution is 9.10. The molecule has 0 saturated carbocycles. The zero-order chi connectivity index (χ0) is 13.8. The largest absolute Gasteiger partial charge is 0.456 e. The molecule has 0 amide bonds. The summed E-state index contributed by atoms with van der Waals surface area (Å²) in [6.07, 6.45) is 0. The van der Waals surface area contributed by atoms with Gasteiger partial charge in [-0.1, -0.05) is 12.1 Å². The van der Waals surface area contributed by atoms with Crippen LogP contribution in [0.2, 0.25) is 0 Å². The van der Waals surface area contributed by atoms with Gasteiger partial charge in [-0.05, 0) is 58.7 Å². The van der Waals surface area contributed by atoms with Crippen LogP contribution in [-0.2, 0) is 6.61 Å². The Balaban J connectivity index is 2.20. The van der Waals surface area contributed by atoms with Crippen LogP contribution in [0.5, 0.6) is 11.5 Å². The molecule has 0 atom stereocenters. The molecule has 0 aliphatic carbocycles. The molecule has 0 spiro atoms. The Morgan fingerprint density at radius 1 is 1.21 bits per heavy atom. The second-order valence-corrected chi connectivity index (χ2v) is 4.96. The summed E-state index contributed by atoms with van der Waals surface area (Å²) in [4.78, 5) is 11.3. The molecule has 2 aromatic carbocycles. The van der Waals surface area contributed by atoms with E-state index in [2.05, 4.69) is 15.9 Å². The number of benzene rings is 2. The summed E-state index contributed by atoms with van der Waals surface area (Å²) in [5.41, 5.74) is 1.47. The van der Waals surface area contributed by atoms with Gasteiger partial charge in [0.1, 0.15) is 11.5 Å². The molecule has 0 unspecified atom stereocenters. The lowest BCUT2D eigenvalue weighted by Gasteiger charge is -2.09. The predicted molar refractivity (Wildman–Crippen MR) is 76.6 cm³/mol. The first-order chi connectivity index (χ1) is 9.10. The predicted octanol–water partition coefficient (Wildman–Crippen LogP) is 3.94. The first kappa shape index (κ1) is 13.8. The van der Waals surface area contributed by atoms with Gasteiger partial charge in [-0.25, -0.2) is 0 Å². The van der Waals surface area contributed by atoms with Crippen LogP contribution in [-0.4, -0.2) is 10.9 Å². The zero-order valence-corrected chi connectivity index (χ0v) is 12.0. The van der Waals surface area contributed by atoms with Crippen LogP contribution < -0.4 is 4.74 Å². The molecule has 0 aliphatic heterocycles. The van der Waals surface area contributed by atoms with Gasteiger partial charge in [0.25, 0.3) is 0 Å². The van der Waals surface area contributed by atoms with Gasteiger partial charge >= 0.3 is 0 Å². The summed E-state index contributed by atoms with van der Waals surface area (Å²) in [6.45, 7) is 1.53. The maximum atomic E-state index is 11.3. The summed E-state index contributed by atoms with van der Waals surface area (Å²) < 4.78 is 6.43. The van der Waals surface area contributed by atoms with Crippen LogP contribution in [0.4, 0.5) is 0 Å². The van der Waals surface area contributed by atoms with Crippen LogP contribution in [0, 0.1) is 0 Å². The van der Waals surface area contributed by atoms with E-state index in [1.807, 2.05) is 0 Å². The maximum Gasteiger partial charge on any atom is 0.159 e. The molecule has 4 heteroatoms. The highest BCUT2D eigenvalue weighted by Gasteiger charge is 2.06. The first-order valence-corrected chi connectivity index (χ1v) is 6.57. The van der Waals surface area contributed by atoms with Crippen molar-refractivity contribution in [2.75, 3.05) is 0 Å². The number of hydrogen-bond donors (Lipinski definition) is 1. The number of rotatable bonds is 4. The summed E-state index contributed by atoms with van der Waals surface area (Å²) in [6, 6.07) is 12.4. The van der Waals surface area contributed by atoms with E-state index in [1.165, 1.54) is 6.92 Å². The molecule has 98 valence electrons. The standard InChI is InChI=1S/C15H13BrO3/c1-10(18)12-4-7-15(14(16)8-12)19-13-5-2-11(9-17)3-6-13/h2-8,17H,9H2,1H3. The van der Waals surface area contributed by atoms with Gasteiger partial charge in [0.05, 0.1) is 11.1 Å². The number of aliphatic hydroxyl groups is 1. The number of carbonyl (C=O) groups excluding carboxylic acids is 1. The van der Waals surface area contributed by atoms with Crippen LogP contribution in [0.1, 0.15) is 22.8 Å². The fourth-order valence-electron chi connectivity index (χ4n) is 1.59. The Morgan fingerprint density at radius 3 is 2.42 bits per heavy atom. The van der Waals surface area contributed by atoms with E-state index in [-0.39, 0.29) is 12.4 Å². The minimum Gasteiger partial charge on any atom is -0.456 e. The van der Waals surface area contributed by atoms with Crippen molar-refractivity contribution >= 4 is 21.7 Å². The van der Waals surface area contributed by atoms with Crippen LogP contribution >= 0.6 is 15.9 Å². The molecule has 19 heavy (non-hydrogen) atoms. The topological polar surface area (TPSA) is 46.5 Å². The third-order valence-electron chi connectivity index (χ3n) is 2.67. The fraction of sp³-hybridized carbons (Fsp3) is 0.133. The van der Waals surface area contributed by atoms with E-state index in [0.29, 0.717) is 17.1 Å². The minimum absolute atomic E-state index is 0.0112. The SMILES string of the molecule is CC(=O)c1ccc(Oc2ccc(CO)cc2)c(Br)c1.